The standard InChI is InChI=1S/C13H19FO2/c1-9(2)13(4,15)8-16-12-7-10(3)5-6-11(12)14/h5-7,9,15H,8H2,1-4H3. The molecular formula is C13H19FO2. The molecule has 1 unspecified atom stereocenters. The number of hydrogen-bond donors (Lipinski definition) is 1. The van der Waals surface area contributed by atoms with Crippen molar-refractivity contribution in [2.45, 2.75) is 33.3 Å². The molecule has 0 heterocycles. The molecule has 1 rings (SSSR count). The lowest BCUT2D eigenvalue weighted by atomic mass is 9.94. The van der Waals surface area contributed by atoms with Crippen molar-refractivity contribution in [1.82, 2.24) is 0 Å². The molecule has 0 aliphatic carbocycles. The Morgan fingerprint density at radius 1 is 1.44 bits per heavy atom. The van der Waals surface area contributed by atoms with Gasteiger partial charge in [0.15, 0.2) is 11.6 Å². The molecule has 0 bridgehead atoms. The van der Waals surface area contributed by atoms with Gasteiger partial charge in [-0.25, -0.2) is 4.39 Å². The van der Waals surface area contributed by atoms with Gasteiger partial charge in [-0.1, -0.05) is 19.9 Å². The summed E-state index contributed by atoms with van der Waals surface area (Å²) in [5.41, 5.74) is -0.0171. The van der Waals surface area contributed by atoms with E-state index in [4.69, 9.17) is 4.74 Å². The third-order valence-electron chi connectivity index (χ3n) is 2.85. The Morgan fingerprint density at radius 2 is 2.06 bits per heavy atom. The summed E-state index contributed by atoms with van der Waals surface area (Å²) in [6, 6.07) is 4.68. The summed E-state index contributed by atoms with van der Waals surface area (Å²) >= 11 is 0. The van der Waals surface area contributed by atoms with Crippen molar-refractivity contribution < 1.29 is 14.2 Å². The van der Waals surface area contributed by atoms with E-state index in [0.717, 1.165) is 5.56 Å². The van der Waals surface area contributed by atoms with Crippen LogP contribution < -0.4 is 4.74 Å². The van der Waals surface area contributed by atoms with Gasteiger partial charge in [0.1, 0.15) is 6.61 Å². The quantitative estimate of drug-likeness (QED) is 0.855. The van der Waals surface area contributed by atoms with Crippen LogP contribution in [0.25, 0.3) is 0 Å². The molecule has 1 N–H and O–H groups in total. The lowest BCUT2D eigenvalue weighted by molar-refractivity contribution is -0.0275. The van der Waals surface area contributed by atoms with Crippen LogP contribution in [-0.4, -0.2) is 17.3 Å². The Labute approximate surface area is 96.1 Å². The van der Waals surface area contributed by atoms with Gasteiger partial charge in [-0.15, -0.1) is 0 Å². The van der Waals surface area contributed by atoms with E-state index in [-0.39, 0.29) is 18.3 Å². The van der Waals surface area contributed by atoms with Crippen LogP contribution in [0.2, 0.25) is 0 Å². The van der Waals surface area contributed by atoms with Crippen molar-refractivity contribution >= 4 is 0 Å². The molecule has 0 aliphatic heterocycles. The fourth-order valence-corrected chi connectivity index (χ4v) is 1.11. The third-order valence-corrected chi connectivity index (χ3v) is 2.85. The number of ether oxygens (including phenoxy) is 1. The summed E-state index contributed by atoms with van der Waals surface area (Å²) < 4.78 is 18.7. The second-order valence-electron chi connectivity index (χ2n) is 4.73. The van der Waals surface area contributed by atoms with Crippen LogP contribution in [0, 0.1) is 18.7 Å². The van der Waals surface area contributed by atoms with Crippen LogP contribution in [0.5, 0.6) is 5.75 Å². The second-order valence-corrected chi connectivity index (χ2v) is 4.73. The zero-order valence-corrected chi connectivity index (χ0v) is 10.2. The number of halogens is 1. The van der Waals surface area contributed by atoms with Gasteiger partial charge >= 0.3 is 0 Å². The third kappa shape index (κ3) is 3.20. The Kier molecular flexibility index (Phi) is 3.92. The molecule has 0 saturated heterocycles. The zero-order valence-electron chi connectivity index (χ0n) is 10.2. The summed E-state index contributed by atoms with van der Waals surface area (Å²) in [6.07, 6.45) is 0. The monoisotopic (exact) mass is 226 g/mol. The van der Waals surface area contributed by atoms with Crippen LogP contribution in [-0.2, 0) is 0 Å². The maximum atomic E-state index is 13.3. The molecule has 0 saturated carbocycles. The average molecular weight is 226 g/mol. The molecular weight excluding hydrogens is 207 g/mol. The SMILES string of the molecule is Cc1ccc(F)c(OCC(C)(O)C(C)C)c1. The number of aliphatic hydroxyl groups is 1. The molecule has 1 aromatic carbocycles. The van der Waals surface area contributed by atoms with E-state index in [2.05, 4.69) is 0 Å². The number of hydrogen-bond acceptors (Lipinski definition) is 2. The predicted octanol–water partition coefficient (Wildman–Crippen LogP) is 2.92. The highest BCUT2D eigenvalue weighted by Gasteiger charge is 2.26. The Bertz CT molecular complexity index is 359. The maximum Gasteiger partial charge on any atom is 0.165 e. The lowest BCUT2D eigenvalue weighted by Gasteiger charge is -2.27. The van der Waals surface area contributed by atoms with Gasteiger partial charge in [0, 0.05) is 0 Å². The summed E-state index contributed by atoms with van der Waals surface area (Å²) in [7, 11) is 0. The Balaban J connectivity index is 2.71. The molecule has 0 radical (unpaired) electrons. The molecule has 16 heavy (non-hydrogen) atoms. The number of rotatable bonds is 4. The Hall–Kier alpha value is -1.09. The van der Waals surface area contributed by atoms with Crippen molar-refractivity contribution in [2.24, 2.45) is 5.92 Å². The van der Waals surface area contributed by atoms with Crippen LogP contribution in [0.3, 0.4) is 0 Å². The number of benzene rings is 1. The molecule has 0 fully saturated rings. The normalized spacial score (nSPS) is 14.9. The highest BCUT2D eigenvalue weighted by molar-refractivity contribution is 5.29. The Morgan fingerprint density at radius 3 is 2.62 bits per heavy atom. The first kappa shape index (κ1) is 13.0. The van der Waals surface area contributed by atoms with Gasteiger partial charge in [0.2, 0.25) is 0 Å². The minimum Gasteiger partial charge on any atom is -0.488 e. The van der Waals surface area contributed by atoms with Crippen LogP contribution in [0.4, 0.5) is 4.39 Å². The summed E-state index contributed by atoms with van der Waals surface area (Å²) in [5.74, 6) is -0.147. The van der Waals surface area contributed by atoms with Crippen molar-refractivity contribution in [3.05, 3.63) is 29.6 Å². The van der Waals surface area contributed by atoms with Gasteiger partial charge in [-0.3, -0.25) is 0 Å². The van der Waals surface area contributed by atoms with Crippen molar-refractivity contribution in [1.29, 1.82) is 0 Å². The van der Waals surface area contributed by atoms with Crippen LogP contribution in [0.15, 0.2) is 18.2 Å². The average Bonchev–Trinajstić information content (AvgIpc) is 2.19. The zero-order chi connectivity index (χ0) is 12.3. The fourth-order valence-electron chi connectivity index (χ4n) is 1.11. The molecule has 90 valence electrons. The van der Waals surface area contributed by atoms with E-state index < -0.39 is 11.4 Å². The first-order chi connectivity index (χ1) is 7.33. The summed E-state index contributed by atoms with van der Waals surface area (Å²) in [4.78, 5) is 0. The van der Waals surface area contributed by atoms with E-state index in [1.54, 1.807) is 19.1 Å². The minimum atomic E-state index is -0.948. The second kappa shape index (κ2) is 4.83. The molecule has 0 aliphatic rings. The van der Waals surface area contributed by atoms with Crippen LogP contribution >= 0.6 is 0 Å². The highest BCUT2D eigenvalue weighted by atomic mass is 19.1. The van der Waals surface area contributed by atoms with Crippen molar-refractivity contribution in [3.8, 4) is 5.75 Å². The van der Waals surface area contributed by atoms with E-state index >= 15 is 0 Å². The first-order valence-corrected chi connectivity index (χ1v) is 5.44. The van der Waals surface area contributed by atoms with Gasteiger partial charge in [0.25, 0.3) is 0 Å². The van der Waals surface area contributed by atoms with Gasteiger partial charge in [-0.05, 0) is 37.5 Å². The smallest absolute Gasteiger partial charge is 0.165 e. The van der Waals surface area contributed by atoms with Gasteiger partial charge < -0.3 is 9.84 Å². The summed E-state index contributed by atoms with van der Waals surface area (Å²) in [5, 5.41) is 9.97. The predicted molar refractivity (Wildman–Crippen MR) is 62.1 cm³/mol. The highest BCUT2D eigenvalue weighted by Crippen LogP contribution is 2.22. The van der Waals surface area contributed by atoms with Gasteiger partial charge in [-0.2, -0.15) is 0 Å². The molecule has 1 atom stereocenters. The number of aryl methyl sites for hydroxylation is 1. The van der Waals surface area contributed by atoms with Crippen LogP contribution in [0.1, 0.15) is 26.3 Å². The van der Waals surface area contributed by atoms with Crippen molar-refractivity contribution in [3.63, 3.8) is 0 Å². The largest absolute Gasteiger partial charge is 0.488 e. The minimum absolute atomic E-state index is 0.0559. The summed E-state index contributed by atoms with van der Waals surface area (Å²) in [6.45, 7) is 7.44. The molecule has 1 aromatic rings. The van der Waals surface area contributed by atoms with Crippen molar-refractivity contribution in [2.75, 3.05) is 6.61 Å². The molecule has 0 spiro atoms. The van der Waals surface area contributed by atoms with E-state index in [0.29, 0.717) is 0 Å². The van der Waals surface area contributed by atoms with E-state index in [1.807, 2.05) is 20.8 Å². The first-order valence-electron chi connectivity index (χ1n) is 5.44. The molecule has 0 amide bonds. The molecule has 3 heteroatoms. The van der Waals surface area contributed by atoms with Gasteiger partial charge in [0.05, 0.1) is 5.60 Å². The van der Waals surface area contributed by atoms with E-state index in [1.165, 1.54) is 6.07 Å². The maximum absolute atomic E-state index is 13.3. The lowest BCUT2D eigenvalue weighted by Crippen LogP contribution is -2.37. The topological polar surface area (TPSA) is 29.5 Å². The fraction of sp³-hybridized carbons (Fsp3) is 0.538. The molecule has 2 nitrogen and oxygen atoms in total. The van der Waals surface area contributed by atoms with E-state index in [9.17, 15) is 9.50 Å². The molecule has 0 aromatic heterocycles.